The van der Waals surface area contributed by atoms with Crippen molar-refractivity contribution in [1.82, 2.24) is 0 Å². The zero-order valence-corrected chi connectivity index (χ0v) is 9.53. The van der Waals surface area contributed by atoms with Crippen LogP contribution in [0.25, 0.3) is 10.8 Å². The minimum Gasteiger partial charge on any atom is -0.475 e. The standard InChI is InChI=1S/C13H10ClNO/c1-9(8-15)16-13-7-6-12(14)10-4-2-3-5-11(10)13/h2-7,9H,1H3/t9-/m1/s1. The van der Waals surface area contributed by atoms with Crippen LogP contribution in [0.15, 0.2) is 36.4 Å². The molecule has 0 aliphatic heterocycles. The number of hydrogen-bond donors (Lipinski definition) is 0. The predicted molar refractivity (Wildman–Crippen MR) is 64.7 cm³/mol. The summed E-state index contributed by atoms with van der Waals surface area (Å²) in [5.74, 6) is 0.689. The summed E-state index contributed by atoms with van der Waals surface area (Å²) in [5, 5.41) is 11.3. The number of rotatable bonds is 2. The number of ether oxygens (including phenoxy) is 1. The Morgan fingerprint density at radius 1 is 1.19 bits per heavy atom. The molecule has 0 aliphatic carbocycles. The van der Waals surface area contributed by atoms with Crippen LogP contribution in [0.5, 0.6) is 5.75 Å². The molecule has 1 atom stereocenters. The molecule has 0 N–H and O–H groups in total. The third kappa shape index (κ3) is 1.95. The van der Waals surface area contributed by atoms with Crippen LogP contribution in [-0.2, 0) is 0 Å². The molecule has 2 aromatic carbocycles. The molecule has 2 rings (SSSR count). The zero-order chi connectivity index (χ0) is 11.5. The zero-order valence-electron chi connectivity index (χ0n) is 8.77. The summed E-state index contributed by atoms with van der Waals surface area (Å²) in [4.78, 5) is 0. The number of nitrogens with zero attached hydrogens (tertiary/aromatic N) is 1. The lowest BCUT2D eigenvalue weighted by Gasteiger charge is -2.11. The molecule has 3 heteroatoms. The molecule has 16 heavy (non-hydrogen) atoms. The fourth-order valence-electron chi connectivity index (χ4n) is 1.55. The second kappa shape index (κ2) is 4.42. The molecule has 0 aromatic heterocycles. The van der Waals surface area contributed by atoms with Crippen molar-refractivity contribution in [1.29, 1.82) is 5.26 Å². The number of fused-ring (bicyclic) bond motifs is 1. The molecule has 80 valence electrons. The summed E-state index contributed by atoms with van der Waals surface area (Å²) in [5.41, 5.74) is 0. The smallest absolute Gasteiger partial charge is 0.181 e. The summed E-state index contributed by atoms with van der Waals surface area (Å²) in [7, 11) is 0. The van der Waals surface area contributed by atoms with Gasteiger partial charge in [-0.15, -0.1) is 0 Å². The van der Waals surface area contributed by atoms with E-state index >= 15 is 0 Å². The van der Waals surface area contributed by atoms with Gasteiger partial charge in [0, 0.05) is 15.8 Å². The van der Waals surface area contributed by atoms with E-state index in [0.717, 1.165) is 10.8 Å². The molecule has 0 saturated heterocycles. The van der Waals surface area contributed by atoms with Crippen LogP contribution in [-0.4, -0.2) is 6.10 Å². The van der Waals surface area contributed by atoms with Crippen molar-refractivity contribution < 1.29 is 4.74 Å². The van der Waals surface area contributed by atoms with E-state index in [-0.39, 0.29) is 0 Å². The second-order valence-corrected chi connectivity index (χ2v) is 3.89. The minimum atomic E-state index is -0.468. The van der Waals surface area contributed by atoms with Crippen molar-refractivity contribution in [2.75, 3.05) is 0 Å². The van der Waals surface area contributed by atoms with Crippen molar-refractivity contribution in [2.45, 2.75) is 13.0 Å². The Balaban J connectivity index is 2.55. The van der Waals surface area contributed by atoms with Crippen molar-refractivity contribution in [3.05, 3.63) is 41.4 Å². The van der Waals surface area contributed by atoms with Crippen LogP contribution in [0.3, 0.4) is 0 Å². The number of halogens is 1. The molecular weight excluding hydrogens is 222 g/mol. The summed E-state index contributed by atoms with van der Waals surface area (Å²) in [6, 6.07) is 13.3. The number of hydrogen-bond acceptors (Lipinski definition) is 2. The maximum absolute atomic E-state index is 8.72. The van der Waals surface area contributed by atoms with Gasteiger partial charge in [-0.1, -0.05) is 35.9 Å². The van der Waals surface area contributed by atoms with Gasteiger partial charge in [-0.25, -0.2) is 0 Å². The van der Waals surface area contributed by atoms with E-state index in [1.54, 1.807) is 19.1 Å². The quantitative estimate of drug-likeness (QED) is 0.788. The lowest BCUT2D eigenvalue weighted by atomic mass is 10.1. The van der Waals surface area contributed by atoms with Crippen LogP contribution in [0.1, 0.15) is 6.92 Å². The van der Waals surface area contributed by atoms with E-state index < -0.39 is 6.10 Å². The Morgan fingerprint density at radius 3 is 2.56 bits per heavy atom. The minimum absolute atomic E-state index is 0.468. The average Bonchev–Trinajstić information content (AvgIpc) is 2.33. The number of nitriles is 1. The number of benzene rings is 2. The van der Waals surface area contributed by atoms with Gasteiger partial charge in [0.2, 0.25) is 0 Å². The highest BCUT2D eigenvalue weighted by Gasteiger charge is 2.07. The molecule has 2 aromatic rings. The average molecular weight is 232 g/mol. The molecule has 0 heterocycles. The van der Waals surface area contributed by atoms with Gasteiger partial charge in [0.05, 0.1) is 0 Å². The van der Waals surface area contributed by atoms with Crippen molar-refractivity contribution >= 4 is 22.4 Å². The van der Waals surface area contributed by atoms with Crippen LogP contribution < -0.4 is 4.74 Å². The molecule has 0 fully saturated rings. The van der Waals surface area contributed by atoms with E-state index in [0.29, 0.717) is 10.8 Å². The Labute approximate surface area is 99.0 Å². The predicted octanol–water partition coefficient (Wildman–Crippen LogP) is 3.78. The molecule has 0 saturated carbocycles. The highest BCUT2D eigenvalue weighted by atomic mass is 35.5. The first kappa shape index (κ1) is 10.8. The van der Waals surface area contributed by atoms with Crippen LogP contribution in [0.4, 0.5) is 0 Å². The monoisotopic (exact) mass is 231 g/mol. The summed E-state index contributed by atoms with van der Waals surface area (Å²) in [6.45, 7) is 1.71. The first-order valence-corrected chi connectivity index (χ1v) is 5.33. The van der Waals surface area contributed by atoms with Crippen molar-refractivity contribution in [2.24, 2.45) is 0 Å². The van der Waals surface area contributed by atoms with Crippen molar-refractivity contribution in [3.63, 3.8) is 0 Å². The lowest BCUT2D eigenvalue weighted by molar-refractivity contribution is 0.280. The van der Waals surface area contributed by atoms with Crippen LogP contribution in [0.2, 0.25) is 5.02 Å². The Bertz CT molecular complexity index is 559. The first-order chi connectivity index (χ1) is 7.72. The fourth-order valence-corrected chi connectivity index (χ4v) is 1.78. The summed E-state index contributed by atoms with van der Waals surface area (Å²) < 4.78 is 5.51. The van der Waals surface area contributed by atoms with Gasteiger partial charge in [0.1, 0.15) is 11.8 Å². The molecule has 0 radical (unpaired) electrons. The highest BCUT2D eigenvalue weighted by molar-refractivity contribution is 6.35. The Morgan fingerprint density at radius 2 is 1.88 bits per heavy atom. The van der Waals surface area contributed by atoms with E-state index in [9.17, 15) is 0 Å². The van der Waals surface area contributed by atoms with Gasteiger partial charge in [0.15, 0.2) is 6.10 Å². The normalized spacial score (nSPS) is 12.1. The van der Waals surface area contributed by atoms with Gasteiger partial charge >= 0.3 is 0 Å². The Hall–Kier alpha value is -1.72. The summed E-state index contributed by atoms with van der Waals surface area (Å²) >= 11 is 6.08. The van der Waals surface area contributed by atoms with Gasteiger partial charge in [-0.05, 0) is 19.1 Å². The van der Waals surface area contributed by atoms with Crippen LogP contribution >= 0.6 is 11.6 Å². The molecule has 0 spiro atoms. The molecule has 0 aliphatic rings. The van der Waals surface area contributed by atoms with Gasteiger partial charge in [-0.2, -0.15) is 5.26 Å². The maximum Gasteiger partial charge on any atom is 0.181 e. The van der Waals surface area contributed by atoms with E-state index in [1.165, 1.54) is 0 Å². The molecule has 0 bridgehead atoms. The topological polar surface area (TPSA) is 33.0 Å². The third-order valence-corrected chi connectivity index (χ3v) is 2.65. The molecule has 0 unspecified atom stereocenters. The first-order valence-electron chi connectivity index (χ1n) is 4.96. The third-order valence-electron chi connectivity index (χ3n) is 2.32. The molecular formula is C13H10ClNO. The molecule has 0 amide bonds. The maximum atomic E-state index is 8.72. The van der Waals surface area contributed by atoms with E-state index in [4.69, 9.17) is 21.6 Å². The molecule has 2 nitrogen and oxygen atoms in total. The largest absolute Gasteiger partial charge is 0.475 e. The van der Waals surface area contributed by atoms with Crippen molar-refractivity contribution in [3.8, 4) is 11.8 Å². The Kier molecular flexibility index (Phi) is 2.98. The van der Waals surface area contributed by atoms with E-state index in [1.807, 2.05) is 30.3 Å². The van der Waals surface area contributed by atoms with Gasteiger partial charge in [-0.3, -0.25) is 0 Å². The summed E-state index contributed by atoms with van der Waals surface area (Å²) in [6.07, 6.45) is -0.468. The van der Waals surface area contributed by atoms with Crippen LogP contribution in [0, 0.1) is 11.3 Å². The highest BCUT2D eigenvalue weighted by Crippen LogP contribution is 2.31. The van der Waals surface area contributed by atoms with E-state index in [2.05, 4.69) is 0 Å². The second-order valence-electron chi connectivity index (χ2n) is 3.48. The van der Waals surface area contributed by atoms with Gasteiger partial charge < -0.3 is 4.74 Å². The van der Waals surface area contributed by atoms with Gasteiger partial charge in [0.25, 0.3) is 0 Å². The SMILES string of the molecule is C[C@H](C#N)Oc1ccc(Cl)c2ccccc12. The fraction of sp³-hybridized carbons (Fsp3) is 0.154. The lowest BCUT2D eigenvalue weighted by Crippen LogP contribution is -2.08.